The predicted octanol–water partition coefficient (Wildman–Crippen LogP) is 2.88. The van der Waals surface area contributed by atoms with E-state index in [-0.39, 0.29) is 17.6 Å². The Morgan fingerprint density at radius 3 is 2.60 bits per heavy atom. The van der Waals surface area contributed by atoms with E-state index in [1.807, 2.05) is 11.8 Å². The number of hydrogen-bond donors (Lipinski definition) is 0. The lowest BCUT2D eigenvalue weighted by atomic mass is 10.1. The molecule has 1 unspecified atom stereocenters. The van der Waals surface area contributed by atoms with Gasteiger partial charge in [0.05, 0.1) is 5.75 Å². The first-order chi connectivity index (χ1) is 9.28. The van der Waals surface area contributed by atoms with E-state index in [0.717, 1.165) is 12.8 Å². The number of sulfone groups is 1. The van der Waals surface area contributed by atoms with Crippen molar-refractivity contribution < 1.29 is 12.8 Å². The van der Waals surface area contributed by atoms with Crippen molar-refractivity contribution in [1.29, 1.82) is 0 Å². The molecule has 0 amide bonds. The van der Waals surface area contributed by atoms with Crippen molar-refractivity contribution in [2.24, 2.45) is 0 Å². The number of benzene rings is 1. The molecule has 0 saturated heterocycles. The Morgan fingerprint density at radius 1 is 1.45 bits per heavy atom. The first kappa shape index (κ1) is 15.7. The average molecular weight is 320 g/mol. The molecule has 0 spiro atoms. The lowest BCUT2D eigenvalue weighted by molar-refractivity contribution is 0.201. The van der Waals surface area contributed by atoms with Gasteiger partial charge in [-0.3, -0.25) is 4.90 Å². The maximum atomic E-state index is 13.9. The molecule has 3 nitrogen and oxygen atoms in total. The highest BCUT2D eigenvalue weighted by molar-refractivity contribution is 7.90. The van der Waals surface area contributed by atoms with Gasteiger partial charge in [-0.15, -0.1) is 0 Å². The Morgan fingerprint density at radius 2 is 2.10 bits per heavy atom. The molecule has 1 saturated carbocycles. The topological polar surface area (TPSA) is 37.4 Å². The van der Waals surface area contributed by atoms with Gasteiger partial charge >= 0.3 is 0 Å². The summed E-state index contributed by atoms with van der Waals surface area (Å²) in [5.74, 6) is -0.259. The summed E-state index contributed by atoms with van der Waals surface area (Å²) in [5, 5.41) is 0.391. The minimum atomic E-state index is -3.06. The quantitative estimate of drug-likeness (QED) is 0.809. The van der Waals surface area contributed by atoms with Crippen LogP contribution in [0.15, 0.2) is 18.2 Å². The first-order valence-corrected chi connectivity index (χ1v) is 9.08. The van der Waals surface area contributed by atoms with Crippen molar-refractivity contribution in [2.45, 2.75) is 38.4 Å². The largest absolute Gasteiger partial charge is 0.292 e. The van der Waals surface area contributed by atoms with Gasteiger partial charge in [-0.1, -0.05) is 17.7 Å². The van der Waals surface area contributed by atoms with Crippen molar-refractivity contribution in [1.82, 2.24) is 4.90 Å². The van der Waals surface area contributed by atoms with Crippen LogP contribution in [0.1, 0.15) is 25.3 Å². The molecule has 1 atom stereocenters. The number of hydrogen-bond acceptors (Lipinski definition) is 3. The Kier molecular flexibility index (Phi) is 4.72. The van der Waals surface area contributed by atoms with Gasteiger partial charge in [0.15, 0.2) is 0 Å². The van der Waals surface area contributed by atoms with E-state index >= 15 is 0 Å². The van der Waals surface area contributed by atoms with Crippen molar-refractivity contribution in [3.05, 3.63) is 34.6 Å². The number of halogens is 2. The maximum Gasteiger partial charge on any atom is 0.148 e. The Bertz CT molecular complexity index is 567. The molecule has 0 aromatic heterocycles. The highest BCUT2D eigenvalue weighted by Crippen LogP contribution is 2.32. The van der Waals surface area contributed by atoms with Crippen molar-refractivity contribution in [2.75, 3.05) is 12.0 Å². The molecular weight excluding hydrogens is 301 g/mol. The van der Waals surface area contributed by atoms with Crippen LogP contribution in [-0.4, -0.2) is 37.4 Å². The molecule has 1 aromatic carbocycles. The summed E-state index contributed by atoms with van der Waals surface area (Å²) in [6, 6.07) is 4.80. The van der Waals surface area contributed by atoms with E-state index in [2.05, 4.69) is 0 Å². The third kappa shape index (κ3) is 4.17. The minimum absolute atomic E-state index is 0.0789. The standard InChI is InChI=1S/C14H19ClFNO2S/c1-10(9-20(2,18)19)17(11-6-7-11)8-12-13(15)4-3-5-14(12)16/h3-5,10-11H,6-9H2,1-2H3. The van der Waals surface area contributed by atoms with Crippen LogP contribution < -0.4 is 0 Å². The third-order valence-corrected chi connectivity index (χ3v) is 4.97. The number of nitrogens with zero attached hydrogens (tertiary/aromatic N) is 1. The molecule has 0 N–H and O–H groups in total. The molecule has 1 aliphatic rings. The molecule has 1 aromatic rings. The molecule has 6 heteroatoms. The van der Waals surface area contributed by atoms with Crippen LogP contribution in [0.4, 0.5) is 4.39 Å². The molecule has 0 bridgehead atoms. The summed E-state index contributed by atoms with van der Waals surface area (Å²) in [7, 11) is -3.06. The van der Waals surface area contributed by atoms with Gasteiger partial charge in [0, 0.05) is 35.5 Å². The molecule has 0 radical (unpaired) electrons. The van der Waals surface area contributed by atoms with Crippen LogP contribution in [0.25, 0.3) is 0 Å². The molecule has 1 aliphatic carbocycles. The fourth-order valence-corrected chi connectivity index (χ4v) is 3.74. The minimum Gasteiger partial charge on any atom is -0.292 e. The van der Waals surface area contributed by atoms with Crippen LogP contribution in [0.3, 0.4) is 0 Å². The van der Waals surface area contributed by atoms with Gasteiger partial charge in [-0.05, 0) is 31.9 Å². The zero-order valence-electron chi connectivity index (χ0n) is 11.6. The highest BCUT2D eigenvalue weighted by atomic mass is 35.5. The molecule has 1 fully saturated rings. The van der Waals surface area contributed by atoms with Crippen LogP contribution in [0.2, 0.25) is 5.02 Å². The molecule has 0 heterocycles. The first-order valence-electron chi connectivity index (χ1n) is 6.64. The van der Waals surface area contributed by atoms with E-state index in [1.54, 1.807) is 12.1 Å². The second kappa shape index (κ2) is 6.00. The lowest BCUT2D eigenvalue weighted by Gasteiger charge is -2.29. The fourth-order valence-electron chi connectivity index (χ4n) is 2.45. The van der Waals surface area contributed by atoms with Crippen LogP contribution in [-0.2, 0) is 16.4 Å². The lowest BCUT2D eigenvalue weighted by Crippen LogP contribution is -2.39. The van der Waals surface area contributed by atoms with Gasteiger partial charge in [0.25, 0.3) is 0 Å². The van der Waals surface area contributed by atoms with Crippen LogP contribution in [0, 0.1) is 5.82 Å². The maximum absolute atomic E-state index is 13.9. The summed E-state index contributed by atoms with van der Waals surface area (Å²) < 4.78 is 36.8. The summed E-state index contributed by atoms with van der Waals surface area (Å²) in [6.45, 7) is 2.22. The van der Waals surface area contributed by atoms with Gasteiger partial charge in [0.2, 0.25) is 0 Å². The monoisotopic (exact) mass is 319 g/mol. The SMILES string of the molecule is CC(CS(C)(=O)=O)N(Cc1c(F)cccc1Cl)C1CC1. The Hall–Kier alpha value is -0.650. The summed E-state index contributed by atoms with van der Waals surface area (Å²) >= 11 is 6.05. The van der Waals surface area contributed by atoms with Crippen LogP contribution in [0.5, 0.6) is 0 Å². The van der Waals surface area contributed by atoms with E-state index in [4.69, 9.17) is 11.6 Å². The third-order valence-electron chi connectivity index (χ3n) is 3.53. The Labute approximate surface area is 124 Å². The summed E-state index contributed by atoms with van der Waals surface area (Å²) in [6.07, 6.45) is 3.28. The van der Waals surface area contributed by atoms with Gasteiger partial charge in [-0.25, -0.2) is 12.8 Å². The van der Waals surface area contributed by atoms with Gasteiger partial charge in [0.1, 0.15) is 15.7 Å². The van der Waals surface area contributed by atoms with Crippen LogP contribution >= 0.6 is 11.6 Å². The van der Waals surface area contributed by atoms with E-state index < -0.39 is 9.84 Å². The van der Waals surface area contributed by atoms with Gasteiger partial charge in [-0.2, -0.15) is 0 Å². The fraction of sp³-hybridized carbons (Fsp3) is 0.571. The second-order valence-corrected chi connectivity index (χ2v) is 8.14. The molecular formula is C14H19ClFNO2S. The summed E-state index contributed by atoms with van der Waals surface area (Å²) in [5.41, 5.74) is 0.446. The van der Waals surface area contributed by atoms with Gasteiger partial charge < -0.3 is 0 Å². The Balaban J connectivity index is 2.18. The van der Waals surface area contributed by atoms with E-state index in [9.17, 15) is 12.8 Å². The molecule has 20 heavy (non-hydrogen) atoms. The smallest absolute Gasteiger partial charge is 0.148 e. The van der Waals surface area contributed by atoms with Crippen molar-refractivity contribution in [3.63, 3.8) is 0 Å². The predicted molar refractivity (Wildman–Crippen MR) is 79.1 cm³/mol. The number of rotatable bonds is 6. The molecule has 2 rings (SSSR count). The van der Waals surface area contributed by atoms with E-state index in [1.165, 1.54) is 12.3 Å². The molecule has 0 aliphatic heterocycles. The highest BCUT2D eigenvalue weighted by Gasteiger charge is 2.34. The zero-order chi connectivity index (χ0) is 14.9. The average Bonchev–Trinajstić information content (AvgIpc) is 3.10. The van der Waals surface area contributed by atoms with Crippen molar-refractivity contribution in [3.8, 4) is 0 Å². The molecule has 112 valence electrons. The zero-order valence-corrected chi connectivity index (χ0v) is 13.2. The normalized spacial score (nSPS) is 17.4. The van der Waals surface area contributed by atoms with Crippen molar-refractivity contribution >= 4 is 21.4 Å². The second-order valence-electron chi connectivity index (χ2n) is 5.55. The summed E-state index contributed by atoms with van der Waals surface area (Å²) in [4.78, 5) is 2.05. The van der Waals surface area contributed by atoms with E-state index in [0.29, 0.717) is 23.2 Å².